The predicted octanol–water partition coefficient (Wildman–Crippen LogP) is 3.14. The summed E-state index contributed by atoms with van der Waals surface area (Å²) in [5, 5.41) is 8.93. The summed E-state index contributed by atoms with van der Waals surface area (Å²) in [4.78, 5) is 13.5. The second-order valence-electron chi connectivity index (χ2n) is 6.41. The normalized spacial score (nSPS) is 33.6. The zero-order valence-electron chi connectivity index (χ0n) is 11.8. The molecule has 2 aliphatic rings. The monoisotopic (exact) mass is 253 g/mol. The first-order valence-corrected chi connectivity index (χ1v) is 7.57. The van der Waals surface area contributed by atoms with E-state index in [4.69, 9.17) is 5.11 Å². The highest BCUT2D eigenvalue weighted by atomic mass is 16.4. The van der Waals surface area contributed by atoms with E-state index in [1.165, 1.54) is 32.2 Å². The first-order valence-electron chi connectivity index (χ1n) is 7.57. The van der Waals surface area contributed by atoms with E-state index < -0.39 is 5.97 Å². The lowest BCUT2D eigenvalue weighted by Crippen LogP contribution is -2.45. The maximum atomic E-state index is 10.8. The Morgan fingerprint density at radius 2 is 1.94 bits per heavy atom. The summed E-state index contributed by atoms with van der Waals surface area (Å²) in [6.07, 6.45) is 7.77. The van der Waals surface area contributed by atoms with Gasteiger partial charge in [-0.2, -0.15) is 0 Å². The molecule has 2 saturated heterocycles. The van der Waals surface area contributed by atoms with E-state index in [1.807, 2.05) is 0 Å². The summed E-state index contributed by atoms with van der Waals surface area (Å²) in [7, 11) is 0. The van der Waals surface area contributed by atoms with Gasteiger partial charge < -0.3 is 5.11 Å². The Hall–Kier alpha value is -0.570. The van der Waals surface area contributed by atoms with E-state index in [9.17, 15) is 4.79 Å². The van der Waals surface area contributed by atoms with Crippen molar-refractivity contribution in [2.24, 2.45) is 11.8 Å². The molecule has 0 aromatic carbocycles. The first-order chi connectivity index (χ1) is 8.60. The standard InChI is InChI=1S/C15H27NO2/c1-3-4-11(2)10-16-13-5-6-14(16)8-12(7-13)9-15(17)18/h11-14H,3-10H2,1-2H3,(H,17,18). The summed E-state index contributed by atoms with van der Waals surface area (Å²) in [5.74, 6) is 0.596. The van der Waals surface area contributed by atoms with Crippen molar-refractivity contribution in [1.82, 2.24) is 4.90 Å². The molecule has 0 aromatic rings. The van der Waals surface area contributed by atoms with E-state index in [1.54, 1.807) is 0 Å². The van der Waals surface area contributed by atoms with Crippen LogP contribution in [0.1, 0.15) is 58.8 Å². The topological polar surface area (TPSA) is 40.5 Å². The first kappa shape index (κ1) is 13.9. The number of rotatable bonds is 6. The minimum Gasteiger partial charge on any atom is -0.481 e. The maximum absolute atomic E-state index is 10.8. The Morgan fingerprint density at radius 1 is 1.33 bits per heavy atom. The molecule has 0 radical (unpaired) electrons. The molecular weight excluding hydrogens is 226 g/mol. The van der Waals surface area contributed by atoms with Gasteiger partial charge in [-0.1, -0.05) is 20.3 Å². The SMILES string of the molecule is CCCC(C)CN1C2CCC1CC(CC(=O)O)C2. The number of aliphatic carboxylic acids is 1. The number of hydrogen-bond donors (Lipinski definition) is 1. The Bertz CT molecular complexity index is 278. The number of fused-ring (bicyclic) bond motifs is 2. The fourth-order valence-electron chi connectivity index (χ4n) is 4.04. The van der Waals surface area contributed by atoms with Gasteiger partial charge in [-0.25, -0.2) is 0 Å². The van der Waals surface area contributed by atoms with E-state index >= 15 is 0 Å². The van der Waals surface area contributed by atoms with Crippen LogP contribution < -0.4 is 0 Å². The molecule has 0 saturated carbocycles. The second-order valence-corrected chi connectivity index (χ2v) is 6.41. The zero-order valence-corrected chi connectivity index (χ0v) is 11.8. The highest BCUT2D eigenvalue weighted by Gasteiger charge is 2.41. The lowest BCUT2D eigenvalue weighted by atomic mass is 9.87. The molecule has 0 aromatic heterocycles. The van der Waals surface area contributed by atoms with Gasteiger partial charge in [0.15, 0.2) is 0 Å². The molecule has 3 nitrogen and oxygen atoms in total. The summed E-state index contributed by atoms with van der Waals surface area (Å²) in [6, 6.07) is 1.35. The van der Waals surface area contributed by atoms with Crippen LogP contribution in [0.5, 0.6) is 0 Å². The van der Waals surface area contributed by atoms with Crippen LogP contribution in [0, 0.1) is 11.8 Å². The van der Waals surface area contributed by atoms with Crippen LogP contribution in [0.4, 0.5) is 0 Å². The van der Waals surface area contributed by atoms with Crippen molar-refractivity contribution in [2.45, 2.75) is 70.9 Å². The van der Waals surface area contributed by atoms with Crippen molar-refractivity contribution < 1.29 is 9.90 Å². The Balaban J connectivity index is 1.87. The maximum Gasteiger partial charge on any atom is 0.303 e. The van der Waals surface area contributed by atoms with Gasteiger partial charge in [0, 0.05) is 25.0 Å². The van der Waals surface area contributed by atoms with Crippen molar-refractivity contribution in [3.63, 3.8) is 0 Å². The molecule has 2 bridgehead atoms. The van der Waals surface area contributed by atoms with Gasteiger partial charge in [-0.3, -0.25) is 9.69 Å². The van der Waals surface area contributed by atoms with Crippen LogP contribution in [-0.2, 0) is 4.79 Å². The molecule has 3 heteroatoms. The molecule has 3 unspecified atom stereocenters. The zero-order chi connectivity index (χ0) is 13.1. The van der Waals surface area contributed by atoms with E-state index in [2.05, 4.69) is 18.7 Å². The predicted molar refractivity (Wildman–Crippen MR) is 72.6 cm³/mol. The van der Waals surface area contributed by atoms with Crippen LogP contribution in [0.15, 0.2) is 0 Å². The number of carboxylic acids is 1. The average Bonchev–Trinajstić information content (AvgIpc) is 2.53. The third-order valence-corrected chi connectivity index (χ3v) is 4.75. The van der Waals surface area contributed by atoms with Gasteiger partial charge in [0.05, 0.1) is 0 Å². The molecule has 18 heavy (non-hydrogen) atoms. The highest BCUT2D eigenvalue weighted by molar-refractivity contribution is 5.67. The summed E-state index contributed by atoms with van der Waals surface area (Å²) < 4.78 is 0. The molecule has 0 aliphatic carbocycles. The minimum absolute atomic E-state index is 0.380. The molecule has 0 spiro atoms. The van der Waals surface area contributed by atoms with Crippen molar-refractivity contribution in [3.8, 4) is 0 Å². The number of piperidine rings is 1. The summed E-state index contributed by atoms with van der Waals surface area (Å²) in [6.45, 7) is 5.83. The molecule has 2 heterocycles. The highest BCUT2D eigenvalue weighted by Crippen LogP contribution is 2.40. The average molecular weight is 253 g/mol. The smallest absolute Gasteiger partial charge is 0.303 e. The lowest BCUT2D eigenvalue weighted by molar-refractivity contribution is -0.138. The molecular formula is C15H27NO2. The van der Waals surface area contributed by atoms with Crippen LogP contribution in [0.2, 0.25) is 0 Å². The Kier molecular flexibility index (Phi) is 4.66. The van der Waals surface area contributed by atoms with Crippen molar-refractivity contribution >= 4 is 5.97 Å². The molecule has 104 valence electrons. The largest absolute Gasteiger partial charge is 0.481 e. The molecule has 2 aliphatic heterocycles. The molecule has 0 amide bonds. The third kappa shape index (κ3) is 3.25. The molecule has 1 N–H and O–H groups in total. The summed E-state index contributed by atoms with van der Waals surface area (Å²) >= 11 is 0. The van der Waals surface area contributed by atoms with Gasteiger partial charge in [-0.05, 0) is 43.9 Å². The summed E-state index contributed by atoms with van der Waals surface area (Å²) in [5.41, 5.74) is 0. The second kappa shape index (κ2) is 6.05. The van der Waals surface area contributed by atoms with Crippen molar-refractivity contribution in [2.75, 3.05) is 6.54 Å². The number of carbonyl (C=O) groups is 1. The number of carboxylic acid groups (broad SMARTS) is 1. The number of hydrogen-bond acceptors (Lipinski definition) is 2. The fraction of sp³-hybridized carbons (Fsp3) is 0.933. The van der Waals surface area contributed by atoms with Crippen LogP contribution >= 0.6 is 0 Å². The fourth-order valence-corrected chi connectivity index (χ4v) is 4.04. The Labute approximate surface area is 111 Å². The van der Waals surface area contributed by atoms with Gasteiger partial charge >= 0.3 is 5.97 Å². The van der Waals surface area contributed by atoms with E-state index in [-0.39, 0.29) is 0 Å². The van der Waals surface area contributed by atoms with E-state index in [0.717, 1.165) is 18.8 Å². The van der Waals surface area contributed by atoms with E-state index in [0.29, 0.717) is 24.4 Å². The molecule has 3 atom stereocenters. The van der Waals surface area contributed by atoms with Crippen molar-refractivity contribution in [1.29, 1.82) is 0 Å². The molecule has 2 rings (SSSR count). The Morgan fingerprint density at radius 3 is 2.44 bits per heavy atom. The van der Waals surface area contributed by atoms with Gasteiger partial charge in [0.2, 0.25) is 0 Å². The lowest BCUT2D eigenvalue weighted by Gasteiger charge is -2.40. The van der Waals surface area contributed by atoms with Crippen LogP contribution in [-0.4, -0.2) is 34.6 Å². The van der Waals surface area contributed by atoms with Crippen LogP contribution in [0.25, 0.3) is 0 Å². The molecule has 2 fully saturated rings. The third-order valence-electron chi connectivity index (χ3n) is 4.75. The van der Waals surface area contributed by atoms with Gasteiger partial charge in [-0.15, -0.1) is 0 Å². The minimum atomic E-state index is -0.618. The van der Waals surface area contributed by atoms with Crippen molar-refractivity contribution in [3.05, 3.63) is 0 Å². The quantitative estimate of drug-likeness (QED) is 0.790. The number of nitrogens with zero attached hydrogens (tertiary/aromatic N) is 1. The van der Waals surface area contributed by atoms with Crippen LogP contribution in [0.3, 0.4) is 0 Å². The van der Waals surface area contributed by atoms with Gasteiger partial charge in [0.1, 0.15) is 0 Å². The van der Waals surface area contributed by atoms with Gasteiger partial charge in [0.25, 0.3) is 0 Å².